The second-order valence-corrected chi connectivity index (χ2v) is 9.18. The zero-order chi connectivity index (χ0) is 24.4. The summed E-state index contributed by atoms with van der Waals surface area (Å²) in [5.41, 5.74) is 2.08. The van der Waals surface area contributed by atoms with Crippen molar-refractivity contribution < 1.29 is 19.1 Å². The van der Waals surface area contributed by atoms with Crippen molar-refractivity contribution >= 4 is 27.7 Å². The number of nitrogens with zero attached hydrogens (tertiary/aromatic N) is 1. The Morgan fingerprint density at radius 3 is 2.36 bits per heavy atom. The first-order chi connectivity index (χ1) is 15.8. The van der Waals surface area contributed by atoms with Crippen molar-refractivity contribution in [3.05, 3.63) is 58.1 Å². The van der Waals surface area contributed by atoms with Gasteiger partial charge in [0.25, 0.3) is 5.91 Å². The number of methoxy groups -OCH3 is 1. The van der Waals surface area contributed by atoms with Crippen LogP contribution in [0.3, 0.4) is 0 Å². The topological polar surface area (TPSA) is 67.9 Å². The average molecular weight is 519 g/mol. The summed E-state index contributed by atoms with van der Waals surface area (Å²) >= 11 is 3.53. The van der Waals surface area contributed by atoms with Gasteiger partial charge in [-0.2, -0.15) is 0 Å². The number of halogens is 1. The smallest absolute Gasteiger partial charge is 0.261 e. The van der Waals surface area contributed by atoms with Gasteiger partial charge in [-0.1, -0.05) is 45.4 Å². The fourth-order valence-electron chi connectivity index (χ4n) is 3.26. The molecule has 0 aliphatic carbocycles. The number of benzene rings is 2. The third-order valence-corrected chi connectivity index (χ3v) is 6.10. The largest absolute Gasteiger partial charge is 0.497 e. The number of nitrogens with one attached hydrogen (secondary N) is 1. The Balaban J connectivity index is 2.14. The lowest BCUT2D eigenvalue weighted by molar-refractivity contribution is -0.142. The summed E-state index contributed by atoms with van der Waals surface area (Å²) in [6, 6.07) is 12.7. The van der Waals surface area contributed by atoms with Crippen molar-refractivity contribution in [2.75, 3.05) is 20.3 Å². The van der Waals surface area contributed by atoms with E-state index in [0.717, 1.165) is 28.6 Å². The molecule has 33 heavy (non-hydrogen) atoms. The molecule has 0 aromatic heterocycles. The summed E-state index contributed by atoms with van der Waals surface area (Å²) in [4.78, 5) is 27.5. The highest BCUT2D eigenvalue weighted by atomic mass is 79.9. The number of hydrogen-bond donors (Lipinski definition) is 1. The first-order valence-corrected chi connectivity index (χ1v) is 12.2. The third-order valence-electron chi connectivity index (χ3n) is 5.48. The molecule has 6 nitrogen and oxygen atoms in total. The van der Waals surface area contributed by atoms with Crippen LogP contribution >= 0.6 is 15.9 Å². The molecule has 2 aromatic rings. The zero-order valence-corrected chi connectivity index (χ0v) is 21.8. The first-order valence-electron chi connectivity index (χ1n) is 11.4. The lowest BCUT2D eigenvalue weighted by Gasteiger charge is -2.29. The Kier molecular flexibility index (Phi) is 10.7. The first kappa shape index (κ1) is 26.7. The monoisotopic (exact) mass is 518 g/mol. The second kappa shape index (κ2) is 13.2. The van der Waals surface area contributed by atoms with Crippen LogP contribution in [0.5, 0.6) is 11.5 Å². The van der Waals surface area contributed by atoms with E-state index in [0.29, 0.717) is 24.8 Å². The molecule has 2 amide bonds. The maximum absolute atomic E-state index is 13.2. The van der Waals surface area contributed by atoms with Gasteiger partial charge in [-0.15, -0.1) is 0 Å². The van der Waals surface area contributed by atoms with Gasteiger partial charge in [-0.05, 0) is 70.6 Å². The maximum Gasteiger partial charge on any atom is 0.261 e. The zero-order valence-electron chi connectivity index (χ0n) is 20.2. The molecule has 0 saturated heterocycles. The van der Waals surface area contributed by atoms with Gasteiger partial charge in [0, 0.05) is 13.1 Å². The normalized spacial score (nSPS) is 11.7. The van der Waals surface area contributed by atoms with Gasteiger partial charge >= 0.3 is 0 Å². The van der Waals surface area contributed by atoms with E-state index in [1.807, 2.05) is 42.5 Å². The minimum atomic E-state index is -0.633. The van der Waals surface area contributed by atoms with Crippen molar-refractivity contribution in [2.45, 2.75) is 59.0 Å². The molecule has 0 radical (unpaired) electrons. The van der Waals surface area contributed by atoms with Gasteiger partial charge < -0.3 is 19.7 Å². The van der Waals surface area contributed by atoms with Crippen LogP contribution in [-0.4, -0.2) is 43.0 Å². The molecule has 0 aliphatic rings. The van der Waals surface area contributed by atoms with Gasteiger partial charge in [-0.3, -0.25) is 9.59 Å². The van der Waals surface area contributed by atoms with Gasteiger partial charge in [0.1, 0.15) is 17.5 Å². The molecule has 1 N–H and O–H groups in total. The maximum atomic E-state index is 13.2. The minimum Gasteiger partial charge on any atom is -0.497 e. The quantitative estimate of drug-likeness (QED) is 0.387. The van der Waals surface area contributed by atoms with Crippen molar-refractivity contribution in [1.29, 1.82) is 0 Å². The summed E-state index contributed by atoms with van der Waals surface area (Å²) < 4.78 is 11.8. The third kappa shape index (κ3) is 8.07. The van der Waals surface area contributed by atoms with E-state index < -0.39 is 6.04 Å². The van der Waals surface area contributed by atoms with Crippen LogP contribution < -0.4 is 14.8 Å². The van der Waals surface area contributed by atoms with E-state index in [1.165, 1.54) is 5.56 Å². The predicted octanol–water partition coefficient (Wildman–Crippen LogP) is 5.29. The lowest BCUT2D eigenvalue weighted by atomic mass is 10.0. The number of carbonyl (C=O) groups excluding carboxylic acids is 2. The van der Waals surface area contributed by atoms with Gasteiger partial charge in [0.05, 0.1) is 11.6 Å². The Labute approximate surface area is 205 Å². The molecule has 0 bridgehead atoms. The summed E-state index contributed by atoms with van der Waals surface area (Å²) in [5, 5.41) is 2.92. The molecule has 180 valence electrons. The van der Waals surface area contributed by atoms with Gasteiger partial charge in [0.15, 0.2) is 6.61 Å². The van der Waals surface area contributed by atoms with Crippen LogP contribution in [0, 0.1) is 0 Å². The Morgan fingerprint density at radius 2 is 1.79 bits per heavy atom. The molecule has 0 heterocycles. The number of rotatable bonds is 12. The van der Waals surface area contributed by atoms with Gasteiger partial charge in [0.2, 0.25) is 5.91 Å². The fourth-order valence-corrected chi connectivity index (χ4v) is 3.77. The highest BCUT2D eigenvalue weighted by molar-refractivity contribution is 9.10. The Morgan fingerprint density at radius 1 is 1.09 bits per heavy atom. The number of hydrogen-bond acceptors (Lipinski definition) is 4. The average Bonchev–Trinajstić information content (AvgIpc) is 2.81. The molecule has 2 rings (SSSR count). The fraction of sp³-hybridized carbons (Fsp3) is 0.462. The van der Waals surface area contributed by atoms with Crippen LogP contribution in [0.25, 0.3) is 0 Å². The highest BCUT2D eigenvalue weighted by Crippen LogP contribution is 2.29. The van der Waals surface area contributed by atoms with Crippen LogP contribution in [0.4, 0.5) is 0 Å². The van der Waals surface area contributed by atoms with E-state index >= 15 is 0 Å². The number of unbranched alkanes of at least 4 members (excludes halogenated alkanes) is 1. The van der Waals surface area contributed by atoms with Crippen molar-refractivity contribution in [2.24, 2.45) is 0 Å². The van der Waals surface area contributed by atoms with Crippen molar-refractivity contribution in [1.82, 2.24) is 10.2 Å². The molecular weight excluding hydrogens is 484 g/mol. The van der Waals surface area contributed by atoms with E-state index in [9.17, 15) is 9.59 Å². The lowest BCUT2D eigenvalue weighted by Crippen LogP contribution is -2.49. The predicted molar refractivity (Wildman–Crippen MR) is 135 cm³/mol. The molecule has 7 heteroatoms. The van der Waals surface area contributed by atoms with E-state index in [2.05, 4.69) is 42.0 Å². The minimum absolute atomic E-state index is 0.164. The second-order valence-electron chi connectivity index (χ2n) is 8.32. The van der Waals surface area contributed by atoms with Crippen LogP contribution in [0.15, 0.2) is 46.9 Å². The van der Waals surface area contributed by atoms with E-state index in [-0.39, 0.29) is 18.4 Å². The molecule has 0 aliphatic heterocycles. The molecule has 1 atom stereocenters. The van der Waals surface area contributed by atoms with Crippen LogP contribution in [0.1, 0.15) is 57.6 Å². The molecule has 2 aromatic carbocycles. The molecule has 0 fully saturated rings. The highest BCUT2D eigenvalue weighted by Gasteiger charge is 2.26. The molecule has 0 spiro atoms. The van der Waals surface area contributed by atoms with Crippen molar-refractivity contribution in [3.63, 3.8) is 0 Å². The Hall–Kier alpha value is -2.54. The molecule has 0 unspecified atom stereocenters. The molecular formula is C26H35BrN2O4. The number of amides is 2. The van der Waals surface area contributed by atoms with Crippen molar-refractivity contribution in [3.8, 4) is 11.5 Å². The summed E-state index contributed by atoms with van der Waals surface area (Å²) in [6.07, 6.45) is 1.88. The van der Waals surface area contributed by atoms with E-state index in [4.69, 9.17) is 9.47 Å². The molecule has 0 saturated carbocycles. The summed E-state index contributed by atoms with van der Waals surface area (Å²) in [5.74, 6) is 1.29. The van der Waals surface area contributed by atoms with Crippen LogP contribution in [-0.2, 0) is 16.1 Å². The van der Waals surface area contributed by atoms with E-state index in [1.54, 1.807) is 18.9 Å². The summed E-state index contributed by atoms with van der Waals surface area (Å²) in [7, 11) is 1.61. The summed E-state index contributed by atoms with van der Waals surface area (Å²) in [6.45, 7) is 8.78. The van der Waals surface area contributed by atoms with Gasteiger partial charge in [-0.25, -0.2) is 0 Å². The standard InChI is InChI=1S/C26H35BrN2O4/c1-6-7-14-28-26(31)19(4)29(16-20-8-11-22(32-5)12-9-20)25(30)17-33-24-13-10-21(18(2)3)15-23(24)27/h8-13,15,18-19H,6-7,14,16-17H2,1-5H3,(H,28,31)/t19-/m0/s1. The number of carbonyl (C=O) groups is 2. The SMILES string of the molecule is CCCCNC(=O)[C@H](C)N(Cc1ccc(OC)cc1)C(=O)COc1ccc(C(C)C)cc1Br. The van der Waals surface area contributed by atoms with Crippen LogP contribution in [0.2, 0.25) is 0 Å². The number of ether oxygens (including phenoxy) is 2. The Bertz CT molecular complexity index is 915.